The molecule has 0 saturated carbocycles. The third-order valence-electron chi connectivity index (χ3n) is 3.43. The molecule has 6 nitrogen and oxygen atoms in total. The summed E-state index contributed by atoms with van der Waals surface area (Å²) in [5, 5.41) is 9.19. The molecular weight excluding hydrogens is 467 g/mol. The van der Waals surface area contributed by atoms with E-state index in [1.54, 1.807) is 31.4 Å². The molecule has 0 radical (unpaired) electrons. The molecule has 0 N–H and O–H groups in total. The highest BCUT2D eigenvalue weighted by atomic mass is 127. The lowest BCUT2D eigenvalue weighted by molar-refractivity contribution is 0.377. The van der Waals surface area contributed by atoms with Crippen molar-refractivity contribution < 1.29 is 9.47 Å². The highest BCUT2D eigenvalue weighted by Gasteiger charge is 2.17. The Kier molecular flexibility index (Phi) is 5.85. The number of hydrogen-bond acceptors (Lipinski definition) is 6. The van der Waals surface area contributed by atoms with Crippen LogP contribution in [0.25, 0.3) is 11.4 Å². The second-order valence-corrected chi connectivity index (χ2v) is 6.16. The largest absolute Gasteiger partial charge is 0.493 e. The average molecular weight is 479 g/mol. The van der Waals surface area contributed by atoms with Gasteiger partial charge in [0.05, 0.1) is 12.8 Å². The van der Waals surface area contributed by atoms with E-state index in [0.29, 0.717) is 38.8 Å². The standard InChI is InChI=1S/C18H12ClIN4O2/c1-25-14-4-2-3-5-15(14)26-16-13(9-20)23-18(24-17(16)19)11-6-7-22-12(8-11)10-21/h2-8H,9H2,1H3. The van der Waals surface area contributed by atoms with Crippen LogP contribution in [0.4, 0.5) is 0 Å². The summed E-state index contributed by atoms with van der Waals surface area (Å²) < 4.78 is 11.8. The summed E-state index contributed by atoms with van der Waals surface area (Å²) in [5.41, 5.74) is 1.59. The molecule has 0 amide bonds. The van der Waals surface area contributed by atoms with E-state index in [1.807, 2.05) is 18.2 Å². The topological polar surface area (TPSA) is 80.9 Å². The summed E-state index contributed by atoms with van der Waals surface area (Å²) in [4.78, 5) is 12.8. The Balaban J connectivity index is 2.04. The van der Waals surface area contributed by atoms with Gasteiger partial charge in [-0.2, -0.15) is 5.26 Å². The van der Waals surface area contributed by atoms with Gasteiger partial charge in [-0.3, -0.25) is 0 Å². The van der Waals surface area contributed by atoms with Crippen molar-refractivity contribution in [2.75, 3.05) is 7.11 Å². The monoisotopic (exact) mass is 478 g/mol. The second-order valence-electron chi connectivity index (χ2n) is 5.04. The van der Waals surface area contributed by atoms with Crippen molar-refractivity contribution in [3.8, 4) is 34.7 Å². The van der Waals surface area contributed by atoms with Crippen molar-refractivity contribution in [3.05, 3.63) is 59.1 Å². The minimum Gasteiger partial charge on any atom is -0.493 e. The maximum absolute atomic E-state index is 9.01. The van der Waals surface area contributed by atoms with Crippen molar-refractivity contribution in [2.24, 2.45) is 0 Å². The third-order valence-corrected chi connectivity index (χ3v) is 4.41. The smallest absolute Gasteiger partial charge is 0.187 e. The summed E-state index contributed by atoms with van der Waals surface area (Å²) in [5.74, 6) is 1.90. The highest BCUT2D eigenvalue weighted by molar-refractivity contribution is 14.1. The number of benzene rings is 1. The van der Waals surface area contributed by atoms with E-state index in [-0.39, 0.29) is 10.8 Å². The van der Waals surface area contributed by atoms with Gasteiger partial charge in [0.25, 0.3) is 0 Å². The van der Waals surface area contributed by atoms with Crippen LogP contribution in [0.1, 0.15) is 11.4 Å². The molecule has 0 aliphatic heterocycles. The zero-order valence-electron chi connectivity index (χ0n) is 13.6. The van der Waals surface area contributed by atoms with Crippen LogP contribution in [0.15, 0.2) is 42.6 Å². The van der Waals surface area contributed by atoms with Crippen LogP contribution >= 0.6 is 34.2 Å². The van der Waals surface area contributed by atoms with Gasteiger partial charge in [-0.15, -0.1) is 0 Å². The molecule has 0 aliphatic carbocycles. The Hall–Kier alpha value is -2.44. The molecule has 2 heterocycles. The number of nitriles is 1. The van der Waals surface area contributed by atoms with E-state index in [0.717, 1.165) is 0 Å². The van der Waals surface area contributed by atoms with Crippen molar-refractivity contribution in [2.45, 2.75) is 4.43 Å². The number of alkyl halides is 1. The van der Waals surface area contributed by atoms with Gasteiger partial charge in [0.15, 0.2) is 28.2 Å². The van der Waals surface area contributed by atoms with Gasteiger partial charge in [-0.25, -0.2) is 15.0 Å². The van der Waals surface area contributed by atoms with E-state index in [4.69, 9.17) is 26.3 Å². The molecule has 0 bridgehead atoms. The van der Waals surface area contributed by atoms with E-state index < -0.39 is 0 Å². The fourth-order valence-corrected chi connectivity index (χ4v) is 2.98. The second kappa shape index (κ2) is 8.29. The van der Waals surface area contributed by atoms with Crippen LogP contribution < -0.4 is 9.47 Å². The normalized spacial score (nSPS) is 10.2. The first-order valence-corrected chi connectivity index (χ1v) is 9.36. The van der Waals surface area contributed by atoms with Crippen molar-refractivity contribution >= 4 is 34.2 Å². The Bertz CT molecular complexity index is 991. The number of rotatable bonds is 5. The number of aromatic nitrogens is 3. The maximum atomic E-state index is 9.01. The Morgan fingerprint density at radius 2 is 1.96 bits per heavy atom. The minimum atomic E-state index is 0.183. The molecular formula is C18H12ClIN4O2. The molecule has 3 rings (SSSR count). The number of para-hydroxylation sites is 2. The summed E-state index contributed by atoms with van der Waals surface area (Å²) in [6.45, 7) is 0. The first-order chi connectivity index (χ1) is 12.7. The lowest BCUT2D eigenvalue weighted by atomic mass is 10.2. The Morgan fingerprint density at radius 3 is 2.65 bits per heavy atom. The zero-order chi connectivity index (χ0) is 18.5. The highest BCUT2D eigenvalue weighted by Crippen LogP contribution is 2.37. The molecule has 0 saturated heterocycles. The number of halogens is 2. The quantitative estimate of drug-likeness (QED) is 0.298. The first-order valence-electron chi connectivity index (χ1n) is 7.46. The van der Waals surface area contributed by atoms with Crippen LogP contribution in [0.2, 0.25) is 5.15 Å². The first kappa shape index (κ1) is 18.4. The predicted molar refractivity (Wildman–Crippen MR) is 106 cm³/mol. The van der Waals surface area contributed by atoms with Crippen LogP contribution in [0.5, 0.6) is 17.2 Å². The van der Waals surface area contributed by atoms with Gasteiger partial charge in [-0.1, -0.05) is 46.3 Å². The number of hydrogen-bond donors (Lipinski definition) is 0. The molecule has 0 unspecified atom stereocenters. The Morgan fingerprint density at radius 1 is 1.19 bits per heavy atom. The SMILES string of the molecule is COc1ccccc1Oc1c(Cl)nc(-c2ccnc(C#N)c2)nc1CI. The minimum absolute atomic E-state index is 0.183. The summed E-state index contributed by atoms with van der Waals surface area (Å²) in [6.07, 6.45) is 1.54. The summed E-state index contributed by atoms with van der Waals surface area (Å²) in [7, 11) is 1.57. The summed E-state index contributed by atoms with van der Waals surface area (Å²) >= 11 is 8.56. The lowest BCUT2D eigenvalue weighted by Crippen LogP contribution is -2.01. The molecule has 2 aromatic heterocycles. The number of nitrogens with zero attached hydrogens (tertiary/aromatic N) is 4. The van der Waals surface area contributed by atoms with Gasteiger partial charge in [0.2, 0.25) is 0 Å². The van der Waals surface area contributed by atoms with Crippen LogP contribution in [-0.2, 0) is 4.43 Å². The van der Waals surface area contributed by atoms with Crippen LogP contribution in [0, 0.1) is 11.3 Å². The molecule has 0 atom stereocenters. The average Bonchev–Trinajstić information content (AvgIpc) is 2.69. The van der Waals surface area contributed by atoms with Gasteiger partial charge in [0.1, 0.15) is 11.8 Å². The molecule has 8 heteroatoms. The number of pyridine rings is 1. The van der Waals surface area contributed by atoms with Crippen molar-refractivity contribution in [3.63, 3.8) is 0 Å². The molecule has 130 valence electrons. The fourth-order valence-electron chi connectivity index (χ4n) is 2.23. The van der Waals surface area contributed by atoms with E-state index >= 15 is 0 Å². The maximum Gasteiger partial charge on any atom is 0.187 e. The zero-order valence-corrected chi connectivity index (χ0v) is 16.5. The fraction of sp³-hybridized carbons (Fsp3) is 0.111. The van der Waals surface area contributed by atoms with Gasteiger partial charge in [0, 0.05) is 16.2 Å². The van der Waals surface area contributed by atoms with E-state index in [1.165, 1.54) is 6.20 Å². The van der Waals surface area contributed by atoms with E-state index in [2.05, 4.69) is 37.5 Å². The molecule has 3 aromatic rings. The van der Waals surface area contributed by atoms with Crippen LogP contribution in [-0.4, -0.2) is 22.1 Å². The number of ether oxygens (including phenoxy) is 2. The van der Waals surface area contributed by atoms with E-state index in [9.17, 15) is 0 Å². The summed E-state index contributed by atoms with van der Waals surface area (Å²) in [6, 6.07) is 12.6. The van der Waals surface area contributed by atoms with Crippen molar-refractivity contribution in [1.29, 1.82) is 5.26 Å². The Labute approximate surface area is 168 Å². The molecule has 26 heavy (non-hydrogen) atoms. The number of methoxy groups -OCH3 is 1. The lowest BCUT2D eigenvalue weighted by Gasteiger charge is -2.14. The molecule has 1 aromatic carbocycles. The molecule has 0 spiro atoms. The van der Waals surface area contributed by atoms with Crippen LogP contribution in [0.3, 0.4) is 0 Å². The van der Waals surface area contributed by atoms with Gasteiger partial charge in [-0.05, 0) is 24.3 Å². The predicted octanol–water partition coefficient (Wildman–Crippen LogP) is 4.80. The van der Waals surface area contributed by atoms with Gasteiger partial charge >= 0.3 is 0 Å². The third kappa shape index (κ3) is 3.86. The molecule has 0 fully saturated rings. The molecule has 0 aliphatic rings. The van der Waals surface area contributed by atoms with Crippen molar-refractivity contribution in [1.82, 2.24) is 15.0 Å². The van der Waals surface area contributed by atoms with Gasteiger partial charge < -0.3 is 9.47 Å².